The van der Waals surface area contributed by atoms with Crippen LogP contribution in [0.1, 0.15) is 36.8 Å². The van der Waals surface area contributed by atoms with Crippen LogP contribution in [0, 0.1) is 0 Å². The van der Waals surface area contributed by atoms with Crippen LogP contribution < -0.4 is 4.74 Å². The van der Waals surface area contributed by atoms with Gasteiger partial charge < -0.3 is 14.4 Å². The van der Waals surface area contributed by atoms with Crippen LogP contribution in [-0.2, 0) is 14.3 Å². The second-order valence-electron chi connectivity index (χ2n) is 7.07. The van der Waals surface area contributed by atoms with E-state index in [4.69, 9.17) is 9.47 Å². The van der Waals surface area contributed by atoms with E-state index in [-0.39, 0.29) is 12.5 Å². The van der Waals surface area contributed by atoms with Gasteiger partial charge in [0.15, 0.2) is 6.61 Å². The number of rotatable bonds is 6. The van der Waals surface area contributed by atoms with Crippen molar-refractivity contribution in [1.29, 1.82) is 0 Å². The average Bonchev–Trinajstić information content (AvgIpc) is 3.06. The molecule has 0 unspecified atom stereocenters. The molecule has 1 heterocycles. The number of hydrogen-bond donors (Lipinski definition) is 0. The van der Waals surface area contributed by atoms with Crippen LogP contribution in [0.2, 0.25) is 0 Å². The molecule has 0 atom stereocenters. The molecule has 1 amide bonds. The predicted molar refractivity (Wildman–Crippen MR) is 113 cm³/mol. The van der Waals surface area contributed by atoms with Crippen molar-refractivity contribution in [2.45, 2.75) is 25.7 Å². The van der Waals surface area contributed by atoms with Crippen molar-refractivity contribution in [3.63, 3.8) is 0 Å². The Morgan fingerprint density at radius 2 is 1.69 bits per heavy atom. The summed E-state index contributed by atoms with van der Waals surface area (Å²) in [7, 11) is 1.60. The van der Waals surface area contributed by atoms with Gasteiger partial charge in [0.2, 0.25) is 0 Å². The van der Waals surface area contributed by atoms with E-state index >= 15 is 0 Å². The molecule has 1 fully saturated rings. The highest BCUT2D eigenvalue weighted by Crippen LogP contribution is 2.22. The smallest absolute Gasteiger partial charge is 0.339 e. The minimum Gasteiger partial charge on any atom is -0.497 e. The molecular weight excluding hydrogens is 366 g/mol. The predicted octanol–water partition coefficient (Wildman–Crippen LogP) is 4.18. The fourth-order valence-corrected chi connectivity index (χ4v) is 3.39. The number of methoxy groups -OCH3 is 1. The summed E-state index contributed by atoms with van der Waals surface area (Å²) < 4.78 is 10.7. The first-order chi connectivity index (χ1) is 14.2. The lowest BCUT2D eigenvalue weighted by atomic mass is 10.0. The Balaban J connectivity index is 1.76. The Morgan fingerprint density at radius 3 is 2.38 bits per heavy atom. The number of esters is 1. The van der Waals surface area contributed by atoms with E-state index in [1.165, 1.54) is 0 Å². The summed E-state index contributed by atoms with van der Waals surface area (Å²) in [5.74, 6) is 0.0621. The second kappa shape index (κ2) is 10.5. The van der Waals surface area contributed by atoms with Gasteiger partial charge in [-0.2, -0.15) is 0 Å². The van der Waals surface area contributed by atoms with Crippen LogP contribution in [0.3, 0.4) is 0 Å². The van der Waals surface area contributed by atoms with Crippen LogP contribution in [0.4, 0.5) is 0 Å². The molecule has 1 aliphatic heterocycles. The van der Waals surface area contributed by atoms with E-state index in [1.807, 2.05) is 54.6 Å². The molecule has 0 aromatic heterocycles. The van der Waals surface area contributed by atoms with Crippen molar-refractivity contribution in [2.75, 3.05) is 26.8 Å². The number of ether oxygens (including phenoxy) is 2. The SMILES string of the molecule is COc1cccc(/C=C(/C(=O)OCC(=O)N2CCCCCC2)c2ccccc2)c1. The zero-order valence-corrected chi connectivity index (χ0v) is 16.8. The van der Waals surface area contributed by atoms with E-state index in [1.54, 1.807) is 18.1 Å². The molecule has 152 valence electrons. The topological polar surface area (TPSA) is 55.8 Å². The summed E-state index contributed by atoms with van der Waals surface area (Å²) in [5.41, 5.74) is 1.96. The average molecular weight is 393 g/mol. The molecule has 0 saturated carbocycles. The van der Waals surface area contributed by atoms with Gasteiger partial charge in [-0.3, -0.25) is 4.79 Å². The fraction of sp³-hybridized carbons (Fsp3) is 0.333. The third-order valence-electron chi connectivity index (χ3n) is 5.00. The van der Waals surface area contributed by atoms with Crippen molar-refractivity contribution in [3.05, 3.63) is 65.7 Å². The molecule has 5 heteroatoms. The lowest BCUT2D eigenvalue weighted by Crippen LogP contribution is -2.35. The molecule has 1 saturated heterocycles. The molecule has 3 rings (SSSR count). The van der Waals surface area contributed by atoms with Crippen molar-refractivity contribution >= 4 is 23.5 Å². The van der Waals surface area contributed by atoms with Crippen LogP contribution in [0.15, 0.2) is 54.6 Å². The molecule has 0 aliphatic carbocycles. The van der Waals surface area contributed by atoms with Crippen LogP contribution in [-0.4, -0.2) is 43.6 Å². The van der Waals surface area contributed by atoms with Gasteiger partial charge >= 0.3 is 5.97 Å². The maximum Gasteiger partial charge on any atom is 0.339 e. The van der Waals surface area contributed by atoms with Gasteiger partial charge in [0.05, 0.1) is 12.7 Å². The maximum atomic E-state index is 12.9. The number of likely N-dealkylation sites (tertiary alicyclic amines) is 1. The minimum atomic E-state index is -0.512. The summed E-state index contributed by atoms with van der Waals surface area (Å²) in [5, 5.41) is 0. The van der Waals surface area contributed by atoms with Gasteiger partial charge in [-0.15, -0.1) is 0 Å². The molecule has 5 nitrogen and oxygen atoms in total. The van der Waals surface area contributed by atoms with E-state index in [0.717, 1.165) is 49.9 Å². The summed E-state index contributed by atoms with van der Waals surface area (Å²) in [6, 6.07) is 16.8. The van der Waals surface area contributed by atoms with Gasteiger partial charge in [0, 0.05) is 13.1 Å². The first kappa shape index (κ1) is 20.6. The van der Waals surface area contributed by atoms with Gasteiger partial charge in [-0.25, -0.2) is 4.79 Å². The molecule has 1 aliphatic rings. The lowest BCUT2D eigenvalue weighted by Gasteiger charge is -2.20. The Labute approximate surface area is 171 Å². The molecule has 0 radical (unpaired) electrons. The zero-order chi connectivity index (χ0) is 20.5. The molecule has 0 N–H and O–H groups in total. The largest absolute Gasteiger partial charge is 0.497 e. The highest BCUT2D eigenvalue weighted by Gasteiger charge is 2.19. The van der Waals surface area contributed by atoms with Crippen molar-refractivity contribution in [2.24, 2.45) is 0 Å². The Bertz CT molecular complexity index is 852. The number of nitrogens with zero attached hydrogens (tertiary/aromatic N) is 1. The maximum absolute atomic E-state index is 12.9. The second-order valence-corrected chi connectivity index (χ2v) is 7.07. The van der Waals surface area contributed by atoms with E-state index < -0.39 is 5.97 Å². The Kier molecular flexibility index (Phi) is 7.45. The first-order valence-electron chi connectivity index (χ1n) is 10.0. The van der Waals surface area contributed by atoms with Gasteiger partial charge in [0.1, 0.15) is 5.75 Å². The number of amides is 1. The normalized spacial score (nSPS) is 14.8. The summed E-state index contributed by atoms with van der Waals surface area (Å²) in [6.45, 7) is 1.24. The fourth-order valence-electron chi connectivity index (χ4n) is 3.39. The van der Waals surface area contributed by atoms with Crippen LogP contribution in [0.5, 0.6) is 5.75 Å². The quantitative estimate of drug-likeness (QED) is 0.420. The first-order valence-corrected chi connectivity index (χ1v) is 10.0. The Hall–Kier alpha value is -3.08. The standard InChI is InChI=1S/C24H27NO4/c1-28-21-13-9-10-19(16-21)17-22(20-11-5-4-6-12-20)24(27)29-18-23(26)25-14-7-2-3-8-15-25/h4-6,9-13,16-17H,2-3,7-8,14-15,18H2,1H3/b22-17+. The third kappa shape index (κ3) is 5.95. The Morgan fingerprint density at radius 1 is 0.966 bits per heavy atom. The van der Waals surface area contributed by atoms with E-state index in [0.29, 0.717) is 11.3 Å². The molecule has 2 aromatic rings. The molecule has 0 spiro atoms. The minimum absolute atomic E-state index is 0.131. The van der Waals surface area contributed by atoms with Crippen molar-refractivity contribution in [3.8, 4) is 5.75 Å². The summed E-state index contributed by atoms with van der Waals surface area (Å²) >= 11 is 0. The van der Waals surface area contributed by atoms with Crippen LogP contribution >= 0.6 is 0 Å². The number of hydrogen-bond acceptors (Lipinski definition) is 4. The van der Waals surface area contributed by atoms with Crippen LogP contribution in [0.25, 0.3) is 11.6 Å². The van der Waals surface area contributed by atoms with Crippen molar-refractivity contribution < 1.29 is 19.1 Å². The highest BCUT2D eigenvalue weighted by atomic mass is 16.5. The molecular formula is C24H27NO4. The van der Waals surface area contributed by atoms with Gasteiger partial charge in [-0.1, -0.05) is 55.3 Å². The number of carbonyl (C=O) groups is 2. The molecule has 0 bridgehead atoms. The summed E-state index contributed by atoms with van der Waals surface area (Å²) in [6.07, 6.45) is 6.06. The lowest BCUT2D eigenvalue weighted by molar-refractivity contribution is -0.147. The molecule has 2 aromatic carbocycles. The van der Waals surface area contributed by atoms with E-state index in [9.17, 15) is 9.59 Å². The third-order valence-corrected chi connectivity index (χ3v) is 5.00. The van der Waals surface area contributed by atoms with Gasteiger partial charge in [0.25, 0.3) is 5.91 Å². The molecule has 29 heavy (non-hydrogen) atoms. The number of carbonyl (C=O) groups excluding carboxylic acids is 2. The van der Waals surface area contributed by atoms with Crippen molar-refractivity contribution in [1.82, 2.24) is 4.90 Å². The zero-order valence-electron chi connectivity index (χ0n) is 16.8. The van der Waals surface area contributed by atoms with E-state index in [2.05, 4.69) is 0 Å². The number of benzene rings is 2. The highest BCUT2D eigenvalue weighted by molar-refractivity contribution is 6.21. The monoisotopic (exact) mass is 393 g/mol. The summed E-state index contributed by atoms with van der Waals surface area (Å²) in [4.78, 5) is 27.1. The van der Waals surface area contributed by atoms with Gasteiger partial charge in [-0.05, 0) is 42.2 Å².